The average molecular weight is 478 g/mol. The van der Waals surface area contributed by atoms with Crippen LogP contribution in [0.5, 0.6) is 0 Å². The first-order valence-corrected chi connectivity index (χ1v) is 10.1. The summed E-state index contributed by atoms with van der Waals surface area (Å²) in [6.07, 6.45) is -14.9. The van der Waals surface area contributed by atoms with E-state index in [1.54, 1.807) is 0 Å². The van der Waals surface area contributed by atoms with Gasteiger partial charge in [-0.05, 0) is 0 Å². The first-order valence-electron chi connectivity index (χ1n) is 6.85. The van der Waals surface area contributed by atoms with Gasteiger partial charge >= 0.3 is 141 Å². The monoisotopic (exact) mass is 478 g/mol. The fraction of sp³-hybridized carbons (Fsp3) is 0.917. The van der Waals surface area contributed by atoms with Gasteiger partial charge in [-0.2, -0.15) is 0 Å². The SMILES string of the molecule is CC(C)C(OC(=O)C(C)(C)C12NI1N2)C(O)(C(F)(F)F)C(F)(F)F. The maximum atomic E-state index is 13.0. The number of carbonyl (C=O) groups excluding carboxylic acids is 1. The van der Waals surface area contributed by atoms with Gasteiger partial charge in [0, 0.05) is 0 Å². The average Bonchev–Trinajstić information content (AvgIpc) is 3.19. The van der Waals surface area contributed by atoms with Crippen molar-refractivity contribution in [2.45, 2.75) is 55.4 Å². The number of rotatable bonds is 5. The van der Waals surface area contributed by atoms with Crippen LogP contribution in [-0.2, 0) is 9.53 Å². The zero-order valence-electron chi connectivity index (χ0n) is 13.1. The van der Waals surface area contributed by atoms with Crippen molar-refractivity contribution >= 4 is 26.3 Å². The van der Waals surface area contributed by atoms with Crippen LogP contribution < -0.4 is 7.06 Å². The number of hydrogen-bond acceptors (Lipinski definition) is 5. The molecule has 2 heterocycles. The van der Waals surface area contributed by atoms with Gasteiger partial charge in [0.15, 0.2) is 0 Å². The quantitative estimate of drug-likeness (QED) is 0.108. The minimum atomic E-state index is -6.06. The molecule has 1 unspecified atom stereocenters. The molecule has 0 spiro atoms. The zero-order valence-corrected chi connectivity index (χ0v) is 15.2. The molecule has 0 saturated carbocycles. The summed E-state index contributed by atoms with van der Waals surface area (Å²) in [5.74, 6) is -2.66. The van der Waals surface area contributed by atoms with E-state index < -0.39 is 65.4 Å². The molecule has 3 N–H and O–H groups in total. The molecule has 0 aromatic carbocycles. The second-order valence-electron chi connectivity index (χ2n) is 6.59. The summed E-state index contributed by atoms with van der Waals surface area (Å²) >= 11 is -1.69. The van der Waals surface area contributed by atoms with Crippen molar-refractivity contribution in [2.75, 3.05) is 0 Å². The normalized spacial score (nSPS) is 22.9. The van der Waals surface area contributed by atoms with Crippen molar-refractivity contribution < 1.29 is 41.0 Å². The van der Waals surface area contributed by atoms with Crippen LogP contribution in [0.4, 0.5) is 26.3 Å². The number of fused-ring (bicyclic) bond motifs is 1. The number of halogens is 7. The second kappa shape index (κ2) is 5.33. The van der Waals surface area contributed by atoms with Gasteiger partial charge in [-0.15, -0.1) is 0 Å². The third-order valence-electron chi connectivity index (χ3n) is 4.15. The summed E-state index contributed by atoms with van der Waals surface area (Å²) in [4.78, 5) is 12.3. The van der Waals surface area contributed by atoms with Gasteiger partial charge in [-0.25, -0.2) is 0 Å². The molecule has 0 aromatic rings. The Balaban J connectivity index is 2.33. The molecular weight excluding hydrogens is 461 g/mol. The molecule has 2 rings (SSSR count). The van der Waals surface area contributed by atoms with Gasteiger partial charge < -0.3 is 0 Å². The summed E-state index contributed by atoms with van der Waals surface area (Å²) < 4.78 is 88.0. The van der Waals surface area contributed by atoms with Gasteiger partial charge in [0.25, 0.3) is 0 Å². The fourth-order valence-electron chi connectivity index (χ4n) is 2.29. The standard InChI is InChI=1S/C12H17F6IN2O3/c1-5(2)6(9(23,10(13,14)15)11(16,17)18)24-7(22)8(3,4)12-19(20-12)21-12/h5-6,20-21,23H,1-4H3. The summed E-state index contributed by atoms with van der Waals surface area (Å²) in [6, 6.07) is 0. The van der Waals surface area contributed by atoms with E-state index in [-0.39, 0.29) is 0 Å². The number of aliphatic hydroxyl groups is 1. The Morgan fingerprint density at radius 3 is 1.71 bits per heavy atom. The van der Waals surface area contributed by atoms with E-state index in [1.807, 2.05) is 0 Å². The van der Waals surface area contributed by atoms with Crippen molar-refractivity contribution in [3.63, 3.8) is 0 Å². The van der Waals surface area contributed by atoms with Crippen molar-refractivity contribution in [2.24, 2.45) is 11.3 Å². The minimum absolute atomic E-state index is 0.718. The van der Waals surface area contributed by atoms with E-state index in [0.29, 0.717) is 0 Å². The molecule has 2 aliphatic heterocycles. The number of esters is 1. The third kappa shape index (κ3) is 2.69. The van der Waals surface area contributed by atoms with Crippen LogP contribution in [0, 0.1) is 11.3 Å². The molecule has 2 aliphatic rings. The molecule has 0 aromatic heterocycles. The van der Waals surface area contributed by atoms with Crippen LogP contribution >= 0.6 is 20.4 Å². The van der Waals surface area contributed by atoms with E-state index in [0.717, 1.165) is 13.8 Å². The van der Waals surface area contributed by atoms with E-state index in [1.165, 1.54) is 13.8 Å². The first-order chi connectivity index (χ1) is 10.5. The van der Waals surface area contributed by atoms with Crippen LogP contribution in [0.25, 0.3) is 0 Å². The Kier molecular flexibility index (Phi) is 4.44. The van der Waals surface area contributed by atoms with E-state index in [4.69, 9.17) is 0 Å². The number of alkyl halides is 7. The molecule has 2 fully saturated rings. The molecule has 0 radical (unpaired) electrons. The van der Waals surface area contributed by atoms with E-state index in [9.17, 15) is 36.2 Å². The number of hydrogen-bond donors (Lipinski definition) is 3. The first kappa shape index (κ1) is 20.0. The molecule has 0 aliphatic carbocycles. The predicted octanol–water partition coefficient (Wildman–Crippen LogP) is 2.63. The van der Waals surface area contributed by atoms with E-state index >= 15 is 0 Å². The van der Waals surface area contributed by atoms with Crippen molar-refractivity contribution in [3.05, 3.63) is 0 Å². The van der Waals surface area contributed by atoms with Crippen LogP contribution in [0.1, 0.15) is 27.7 Å². The molecule has 142 valence electrons. The number of nitrogens with one attached hydrogen (secondary N) is 2. The Morgan fingerprint density at radius 2 is 1.46 bits per heavy atom. The second-order valence-corrected chi connectivity index (χ2v) is 10.9. The van der Waals surface area contributed by atoms with Crippen molar-refractivity contribution in [1.29, 1.82) is 0 Å². The Morgan fingerprint density at radius 1 is 1.08 bits per heavy atom. The van der Waals surface area contributed by atoms with Gasteiger partial charge in [-0.1, -0.05) is 0 Å². The molecule has 12 heteroatoms. The summed E-state index contributed by atoms with van der Waals surface area (Å²) in [5, 5.41) is 9.51. The molecule has 5 nitrogen and oxygen atoms in total. The third-order valence-corrected chi connectivity index (χ3v) is 9.27. The predicted molar refractivity (Wildman–Crippen MR) is 78.6 cm³/mol. The Bertz CT molecular complexity index is 528. The van der Waals surface area contributed by atoms with Gasteiger partial charge in [0.2, 0.25) is 0 Å². The number of ether oxygens (including phenoxy) is 1. The Labute approximate surface area is 141 Å². The number of carbonyl (C=O) groups is 1. The van der Waals surface area contributed by atoms with Gasteiger partial charge in [-0.3, -0.25) is 0 Å². The maximum absolute atomic E-state index is 13.0. The molecule has 0 amide bonds. The van der Waals surface area contributed by atoms with E-state index in [2.05, 4.69) is 11.8 Å². The summed E-state index contributed by atoms with van der Waals surface area (Å²) in [6.45, 7) is 4.76. The zero-order chi connectivity index (χ0) is 18.9. The molecule has 24 heavy (non-hydrogen) atoms. The fourth-order valence-corrected chi connectivity index (χ4v) is 7.85. The van der Waals surface area contributed by atoms with Crippen molar-refractivity contribution in [3.8, 4) is 0 Å². The van der Waals surface area contributed by atoms with Crippen LogP contribution in [-0.4, -0.2) is 38.8 Å². The Hall–Kier alpha value is -0.340. The topological polar surface area (TPSA) is 90.4 Å². The van der Waals surface area contributed by atoms with Gasteiger partial charge in [0.1, 0.15) is 0 Å². The van der Waals surface area contributed by atoms with Crippen LogP contribution in [0.3, 0.4) is 0 Å². The molecular formula is C12H17F6IN2O3. The van der Waals surface area contributed by atoms with Crippen LogP contribution in [0.15, 0.2) is 0 Å². The van der Waals surface area contributed by atoms with Crippen molar-refractivity contribution in [1.82, 2.24) is 7.06 Å². The summed E-state index contributed by atoms with van der Waals surface area (Å²) in [7, 11) is 0. The molecule has 1 atom stereocenters. The molecule has 2 saturated heterocycles. The van der Waals surface area contributed by atoms with Gasteiger partial charge in [0.05, 0.1) is 0 Å². The molecule has 0 bridgehead atoms. The van der Waals surface area contributed by atoms with Crippen LogP contribution in [0.2, 0.25) is 0 Å². The summed E-state index contributed by atoms with van der Waals surface area (Å²) in [5.41, 5.74) is -6.49.